The van der Waals surface area contributed by atoms with Crippen LogP contribution in [0.1, 0.15) is 219 Å². The number of carbonyl (C=O) groups excluding carboxylic acids is 4. The average Bonchev–Trinajstić information content (AvgIpc) is 3.56. The Morgan fingerprint density at radius 2 is 0.557 bits per heavy atom. The SMILES string of the molecule is CCCCCCCCCCCCCCCCCCN(CCCCCCCCCCCCCCCCCC)C(=O)CNC(=O)CNC(=O)CNC(=O)OCC(COC(COC(CO)CO)COC(CO)CO)COC(COC(CO)CO)COC(CO)CO. The number of amides is 4. The van der Waals surface area contributed by atoms with E-state index < -0.39 is 126 Å². The molecule has 0 saturated heterocycles. The second kappa shape index (κ2) is 64.2. The Morgan fingerprint density at radius 3 is 0.841 bits per heavy atom. The van der Waals surface area contributed by atoms with Crippen LogP contribution >= 0.6 is 0 Å². The Bertz CT molecular complexity index is 1440. The number of carbonyl (C=O) groups is 4. The predicted molar refractivity (Wildman–Crippen MR) is 340 cm³/mol. The lowest BCUT2D eigenvalue weighted by Crippen LogP contribution is -2.45. The molecule has 0 heterocycles. The molecule has 11 N–H and O–H groups in total. The van der Waals surface area contributed by atoms with Crippen molar-refractivity contribution in [2.45, 2.75) is 256 Å². The van der Waals surface area contributed by atoms with Crippen LogP contribution in [0.4, 0.5) is 4.79 Å². The molecule has 0 aromatic rings. The molecule has 0 fully saturated rings. The molecular weight excluding hydrogens is 1140 g/mol. The van der Waals surface area contributed by atoms with Gasteiger partial charge in [-0.2, -0.15) is 0 Å². The molecule has 0 unspecified atom stereocenters. The van der Waals surface area contributed by atoms with Gasteiger partial charge in [-0.3, -0.25) is 14.4 Å². The summed E-state index contributed by atoms with van der Waals surface area (Å²) in [5.74, 6) is -2.23. The number of alkyl carbamates (subject to hydrolysis) is 1. The smallest absolute Gasteiger partial charge is 0.407 e. The molecule has 0 spiro atoms. The zero-order chi connectivity index (χ0) is 64.8. The Morgan fingerprint density at radius 1 is 0.307 bits per heavy atom. The summed E-state index contributed by atoms with van der Waals surface area (Å²) in [5, 5.41) is 83.7. The molecule has 0 aliphatic rings. The quantitative estimate of drug-likeness (QED) is 0.0304. The first kappa shape index (κ1) is 85.1. The van der Waals surface area contributed by atoms with Crippen molar-refractivity contribution >= 4 is 23.8 Å². The van der Waals surface area contributed by atoms with Gasteiger partial charge in [-0.15, -0.1) is 0 Å². The van der Waals surface area contributed by atoms with E-state index in [1.165, 1.54) is 167 Å². The van der Waals surface area contributed by atoms with Crippen LogP contribution in [0.2, 0.25) is 0 Å². The molecule has 522 valence electrons. The van der Waals surface area contributed by atoms with Crippen LogP contribution in [0.5, 0.6) is 0 Å². The first-order chi connectivity index (χ1) is 43.0. The van der Waals surface area contributed by atoms with Gasteiger partial charge in [-0.05, 0) is 12.8 Å². The third-order valence-electron chi connectivity index (χ3n) is 15.5. The lowest BCUT2D eigenvalue weighted by molar-refractivity contribution is -0.138. The predicted octanol–water partition coefficient (Wildman–Crippen LogP) is 6.16. The molecule has 0 aromatic carbocycles. The summed E-state index contributed by atoms with van der Waals surface area (Å²) >= 11 is 0. The van der Waals surface area contributed by atoms with Crippen LogP contribution in [-0.2, 0) is 47.5 Å². The van der Waals surface area contributed by atoms with E-state index in [1.54, 1.807) is 0 Å². The summed E-state index contributed by atoms with van der Waals surface area (Å²) in [5.41, 5.74) is 0. The molecule has 0 bridgehead atoms. The second-order valence-corrected chi connectivity index (χ2v) is 23.6. The van der Waals surface area contributed by atoms with Gasteiger partial charge < -0.3 is 94.9 Å². The van der Waals surface area contributed by atoms with Crippen molar-refractivity contribution < 1.29 is 93.2 Å². The minimum Gasteiger partial charge on any atom is -0.449 e. The monoisotopic (exact) mass is 1270 g/mol. The Kier molecular flexibility index (Phi) is 62.1. The van der Waals surface area contributed by atoms with Gasteiger partial charge in [0.05, 0.1) is 106 Å². The van der Waals surface area contributed by atoms with Gasteiger partial charge in [-0.25, -0.2) is 4.79 Å². The molecule has 0 aliphatic carbocycles. The summed E-state index contributed by atoms with van der Waals surface area (Å²) in [6, 6.07) is 0. The lowest BCUT2D eigenvalue weighted by atomic mass is 10.0. The van der Waals surface area contributed by atoms with Crippen LogP contribution in [0.15, 0.2) is 0 Å². The standard InChI is InChI=1S/C65H128N4O19/c1-3-5-7-9-11-13-15-17-19-21-23-25-27-29-31-33-35-69(36-34-32-30-28-26-24-22-20-18-16-14-12-10-8-6-4-2)64(80)39-67-62(78)37-66-63(79)38-68-65(81)88-50-55(48-82-60(51-84-56(40-70)41-71)52-85-57(42-72)43-73)49-83-61(53-86-58(44-74)45-75)54-87-59(46-76)47-77/h55-61,70-77H,3-54H2,1-2H3,(H,66,79)(H,67,78)(H,68,81). The number of nitrogens with zero attached hydrogens (tertiary/aromatic N) is 1. The third kappa shape index (κ3) is 52.7. The van der Waals surface area contributed by atoms with E-state index in [0.717, 1.165) is 38.5 Å². The first-order valence-corrected chi connectivity index (χ1v) is 34.3. The van der Waals surface area contributed by atoms with Crippen molar-refractivity contribution in [1.82, 2.24) is 20.9 Å². The molecule has 0 aliphatic heterocycles. The summed E-state index contributed by atoms with van der Waals surface area (Å²) in [4.78, 5) is 54.1. The molecule has 0 atom stereocenters. The van der Waals surface area contributed by atoms with Crippen molar-refractivity contribution in [2.24, 2.45) is 5.92 Å². The summed E-state index contributed by atoms with van der Waals surface area (Å²) in [7, 11) is 0. The van der Waals surface area contributed by atoms with Crippen LogP contribution in [0.3, 0.4) is 0 Å². The first-order valence-electron chi connectivity index (χ1n) is 34.3. The van der Waals surface area contributed by atoms with E-state index in [9.17, 15) is 60.0 Å². The van der Waals surface area contributed by atoms with Crippen LogP contribution in [0, 0.1) is 5.92 Å². The molecule has 0 radical (unpaired) electrons. The number of nitrogens with one attached hydrogen (secondary N) is 3. The maximum Gasteiger partial charge on any atom is 0.407 e. The van der Waals surface area contributed by atoms with Gasteiger partial charge >= 0.3 is 6.09 Å². The van der Waals surface area contributed by atoms with Gasteiger partial charge in [-0.1, -0.05) is 206 Å². The number of hydrogen-bond acceptors (Lipinski definition) is 19. The number of aliphatic hydroxyl groups is 8. The highest BCUT2D eigenvalue weighted by Gasteiger charge is 2.24. The fraction of sp³-hybridized carbons (Fsp3) is 0.938. The van der Waals surface area contributed by atoms with Crippen molar-refractivity contribution in [2.75, 3.05) is 132 Å². The van der Waals surface area contributed by atoms with Gasteiger partial charge in [0, 0.05) is 19.0 Å². The van der Waals surface area contributed by atoms with E-state index >= 15 is 0 Å². The van der Waals surface area contributed by atoms with E-state index in [1.807, 2.05) is 4.90 Å². The molecule has 0 rings (SSSR count). The summed E-state index contributed by atoms with van der Waals surface area (Å²) in [6.45, 7) is -1.15. The minimum absolute atomic E-state index is 0.169. The molecule has 4 amide bonds. The maximum absolute atomic E-state index is 13.6. The zero-order valence-corrected chi connectivity index (χ0v) is 54.8. The summed E-state index contributed by atoms with van der Waals surface area (Å²) < 4.78 is 39.7. The molecule has 88 heavy (non-hydrogen) atoms. The van der Waals surface area contributed by atoms with Crippen LogP contribution in [0.25, 0.3) is 0 Å². The fourth-order valence-corrected chi connectivity index (χ4v) is 9.65. The van der Waals surface area contributed by atoms with Crippen molar-refractivity contribution in [3.8, 4) is 0 Å². The van der Waals surface area contributed by atoms with Crippen LogP contribution in [-0.4, -0.2) is 238 Å². The second-order valence-electron chi connectivity index (χ2n) is 23.6. The molecule has 0 aromatic heterocycles. The van der Waals surface area contributed by atoms with Gasteiger partial charge in [0.15, 0.2) is 0 Å². The number of ether oxygens (including phenoxy) is 7. The molecular formula is C65H128N4O19. The number of unbranched alkanes of at least 4 members (excludes halogenated alkanes) is 30. The van der Waals surface area contributed by atoms with Crippen molar-refractivity contribution in [3.63, 3.8) is 0 Å². The van der Waals surface area contributed by atoms with Gasteiger partial charge in [0.2, 0.25) is 17.7 Å². The highest BCUT2D eigenvalue weighted by atomic mass is 16.6. The molecule has 23 nitrogen and oxygen atoms in total. The zero-order valence-electron chi connectivity index (χ0n) is 54.8. The van der Waals surface area contributed by atoms with E-state index in [0.29, 0.717) is 13.1 Å². The largest absolute Gasteiger partial charge is 0.449 e. The van der Waals surface area contributed by atoms with Crippen molar-refractivity contribution in [1.29, 1.82) is 0 Å². The Hall–Kier alpha value is -2.88. The highest BCUT2D eigenvalue weighted by Crippen LogP contribution is 2.17. The third-order valence-corrected chi connectivity index (χ3v) is 15.5. The lowest BCUT2D eigenvalue weighted by Gasteiger charge is -2.27. The highest BCUT2D eigenvalue weighted by molar-refractivity contribution is 5.89. The molecule has 0 saturated carbocycles. The average molecular weight is 1270 g/mol. The topological polar surface area (TPSA) is 334 Å². The maximum atomic E-state index is 13.6. The minimum atomic E-state index is -1.01. The number of hydrogen-bond donors (Lipinski definition) is 11. The van der Waals surface area contributed by atoms with Gasteiger partial charge in [0.25, 0.3) is 0 Å². The van der Waals surface area contributed by atoms with E-state index in [2.05, 4.69) is 29.8 Å². The van der Waals surface area contributed by atoms with E-state index in [4.69, 9.17) is 33.2 Å². The van der Waals surface area contributed by atoms with Gasteiger partial charge in [0.1, 0.15) is 49.8 Å². The van der Waals surface area contributed by atoms with Crippen molar-refractivity contribution in [3.05, 3.63) is 0 Å². The van der Waals surface area contributed by atoms with E-state index in [-0.39, 0.29) is 58.7 Å². The molecule has 23 heteroatoms. The Balaban J connectivity index is 5.40. The normalized spacial score (nSPS) is 11.9. The number of aliphatic hydroxyl groups excluding tert-OH is 8. The Labute approximate surface area is 529 Å². The number of rotatable bonds is 68. The van der Waals surface area contributed by atoms with Crippen LogP contribution < -0.4 is 16.0 Å². The fourth-order valence-electron chi connectivity index (χ4n) is 9.65. The summed E-state index contributed by atoms with van der Waals surface area (Å²) in [6.07, 6.45) is 33.9.